The third-order valence-corrected chi connectivity index (χ3v) is 1.96. The molecule has 0 saturated carbocycles. The summed E-state index contributed by atoms with van der Waals surface area (Å²) in [7, 11) is 1.79. The molecular weight excluding hydrogens is 197 g/mol. The van der Waals surface area contributed by atoms with Gasteiger partial charge in [0, 0.05) is 25.1 Å². The molecule has 0 fully saturated rings. The van der Waals surface area contributed by atoms with Crippen molar-refractivity contribution in [3.8, 4) is 5.75 Å². The Morgan fingerprint density at radius 1 is 1.47 bits per heavy atom. The summed E-state index contributed by atoms with van der Waals surface area (Å²) in [5.41, 5.74) is 0.787. The van der Waals surface area contributed by atoms with Crippen LogP contribution in [0, 0.1) is 5.82 Å². The fourth-order valence-electron chi connectivity index (χ4n) is 1.28. The maximum absolute atomic E-state index is 13.4. The van der Waals surface area contributed by atoms with Crippen molar-refractivity contribution in [2.24, 2.45) is 0 Å². The van der Waals surface area contributed by atoms with Crippen LogP contribution in [0.2, 0.25) is 0 Å². The van der Waals surface area contributed by atoms with Crippen LogP contribution in [0.4, 0.5) is 4.39 Å². The Labute approximate surface area is 88.9 Å². The maximum atomic E-state index is 13.4. The zero-order chi connectivity index (χ0) is 11.1. The molecule has 0 atom stereocenters. The summed E-state index contributed by atoms with van der Waals surface area (Å²) < 4.78 is 18.7. The number of hydrogen-bond donors (Lipinski definition) is 2. The molecule has 84 valence electrons. The summed E-state index contributed by atoms with van der Waals surface area (Å²) in [5.74, 6) is -0.0824. The van der Waals surface area contributed by atoms with Crippen molar-refractivity contribution in [1.29, 1.82) is 0 Å². The summed E-state index contributed by atoms with van der Waals surface area (Å²) in [5, 5.41) is 11.5. The zero-order valence-corrected chi connectivity index (χ0v) is 8.79. The van der Waals surface area contributed by atoms with Crippen LogP contribution in [0.1, 0.15) is 12.0 Å². The van der Waals surface area contributed by atoms with Gasteiger partial charge in [0.05, 0.1) is 6.61 Å². The lowest BCUT2D eigenvalue weighted by Crippen LogP contribution is -2.09. The molecule has 1 aromatic rings. The van der Waals surface area contributed by atoms with Crippen molar-refractivity contribution < 1.29 is 14.2 Å². The van der Waals surface area contributed by atoms with Crippen molar-refractivity contribution in [2.75, 3.05) is 20.3 Å². The van der Waals surface area contributed by atoms with Crippen LogP contribution in [0.3, 0.4) is 0 Å². The fourth-order valence-corrected chi connectivity index (χ4v) is 1.28. The van der Waals surface area contributed by atoms with Crippen molar-refractivity contribution in [1.82, 2.24) is 5.32 Å². The number of ether oxygens (including phenoxy) is 1. The van der Waals surface area contributed by atoms with Gasteiger partial charge >= 0.3 is 0 Å². The Hall–Kier alpha value is -1.13. The van der Waals surface area contributed by atoms with Crippen LogP contribution >= 0.6 is 0 Å². The second-order valence-corrected chi connectivity index (χ2v) is 3.18. The first-order valence-corrected chi connectivity index (χ1v) is 4.95. The van der Waals surface area contributed by atoms with E-state index in [-0.39, 0.29) is 18.2 Å². The third-order valence-electron chi connectivity index (χ3n) is 1.96. The van der Waals surface area contributed by atoms with Gasteiger partial charge in [-0.05, 0) is 13.1 Å². The van der Waals surface area contributed by atoms with Gasteiger partial charge in [0.25, 0.3) is 0 Å². The lowest BCUT2D eigenvalue weighted by Gasteiger charge is -2.11. The average Bonchev–Trinajstić information content (AvgIpc) is 2.23. The first-order valence-electron chi connectivity index (χ1n) is 4.95. The van der Waals surface area contributed by atoms with Gasteiger partial charge in [-0.2, -0.15) is 0 Å². The van der Waals surface area contributed by atoms with Gasteiger partial charge in [0.15, 0.2) is 11.6 Å². The number of benzene rings is 1. The van der Waals surface area contributed by atoms with Crippen molar-refractivity contribution in [3.63, 3.8) is 0 Å². The minimum absolute atomic E-state index is 0.0514. The van der Waals surface area contributed by atoms with Crippen LogP contribution in [-0.4, -0.2) is 25.4 Å². The first kappa shape index (κ1) is 11.9. The predicted octanol–water partition coefficient (Wildman–Crippen LogP) is 1.31. The van der Waals surface area contributed by atoms with E-state index < -0.39 is 0 Å². The molecule has 0 saturated heterocycles. The van der Waals surface area contributed by atoms with E-state index in [0.29, 0.717) is 19.6 Å². The van der Waals surface area contributed by atoms with Crippen LogP contribution in [0.25, 0.3) is 0 Å². The molecule has 0 unspecified atom stereocenters. The average molecular weight is 213 g/mol. The quantitative estimate of drug-likeness (QED) is 0.700. The highest BCUT2D eigenvalue weighted by Crippen LogP contribution is 2.22. The Bertz CT molecular complexity index is 305. The molecule has 15 heavy (non-hydrogen) atoms. The standard InChI is InChI=1S/C11H16FNO2/c1-13-8-9-4-2-5-10(12)11(9)15-7-3-6-14/h2,4-5,13-14H,3,6-8H2,1H3. The van der Waals surface area contributed by atoms with Gasteiger partial charge in [0.1, 0.15) is 0 Å². The predicted molar refractivity (Wildman–Crippen MR) is 56.4 cm³/mol. The topological polar surface area (TPSA) is 41.5 Å². The number of aliphatic hydroxyl groups excluding tert-OH is 1. The van der Waals surface area contributed by atoms with E-state index in [9.17, 15) is 4.39 Å². The molecule has 2 N–H and O–H groups in total. The zero-order valence-electron chi connectivity index (χ0n) is 8.79. The van der Waals surface area contributed by atoms with Gasteiger partial charge in [-0.1, -0.05) is 12.1 Å². The molecule has 1 rings (SSSR count). The smallest absolute Gasteiger partial charge is 0.165 e. The molecule has 0 aliphatic carbocycles. The molecule has 1 aromatic carbocycles. The Balaban J connectivity index is 2.72. The summed E-state index contributed by atoms with van der Waals surface area (Å²) in [4.78, 5) is 0. The second-order valence-electron chi connectivity index (χ2n) is 3.18. The lowest BCUT2D eigenvalue weighted by atomic mass is 10.2. The number of hydrogen-bond acceptors (Lipinski definition) is 3. The molecular formula is C11H16FNO2. The van der Waals surface area contributed by atoms with Crippen LogP contribution in [0.5, 0.6) is 5.75 Å². The van der Waals surface area contributed by atoms with Crippen molar-refractivity contribution in [3.05, 3.63) is 29.6 Å². The van der Waals surface area contributed by atoms with E-state index in [0.717, 1.165) is 5.56 Å². The van der Waals surface area contributed by atoms with E-state index in [1.165, 1.54) is 6.07 Å². The largest absolute Gasteiger partial charge is 0.490 e. The third kappa shape index (κ3) is 3.49. The number of halogens is 1. The minimum Gasteiger partial charge on any atom is -0.490 e. The van der Waals surface area contributed by atoms with E-state index in [1.54, 1.807) is 13.1 Å². The normalized spacial score (nSPS) is 10.3. The van der Waals surface area contributed by atoms with Crippen LogP contribution < -0.4 is 10.1 Å². The molecule has 0 heterocycles. The fraction of sp³-hybridized carbons (Fsp3) is 0.455. The SMILES string of the molecule is CNCc1cccc(F)c1OCCCO. The monoisotopic (exact) mass is 213 g/mol. The molecule has 0 aliphatic rings. The number of para-hydroxylation sites is 1. The highest BCUT2D eigenvalue weighted by Gasteiger charge is 2.08. The molecule has 0 amide bonds. The first-order chi connectivity index (χ1) is 7.29. The van der Waals surface area contributed by atoms with Crippen LogP contribution in [0.15, 0.2) is 18.2 Å². The van der Waals surface area contributed by atoms with E-state index >= 15 is 0 Å². The molecule has 0 aromatic heterocycles. The minimum atomic E-state index is -0.360. The molecule has 0 spiro atoms. The van der Waals surface area contributed by atoms with Gasteiger partial charge in [-0.15, -0.1) is 0 Å². The Morgan fingerprint density at radius 3 is 2.93 bits per heavy atom. The van der Waals surface area contributed by atoms with Gasteiger partial charge < -0.3 is 15.2 Å². The highest BCUT2D eigenvalue weighted by molar-refractivity contribution is 5.34. The summed E-state index contributed by atoms with van der Waals surface area (Å²) in [6.07, 6.45) is 0.507. The highest BCUT2D eigenvalue weighted by atomic mass is 19.1. The lowest BCUT2D eigenvalue weighted by molar-refractivity contribution is 0.227. The van der Waals surface area contributed by atoms with Crippen LogP contribution in [-0.2, 0) is 6.54 Å². The van der Waals surface area contributed by atoms with Crippen molar-refractivity contribution >= 4 is 0 Å². The van der Waals surface area contributed by atoms with E-state index in [4.69, 9.17) is 9.84 Å². The number of rotatable bonds is 6. The summed E-state index contributed by atoms with van der Waals surface area (Å²) in [6, 6.07) is 4.84. The Kier molecular flexibility index (Phi) is 5.07. The van der Waals surface area contributed by atoms with Gasteiger partial charge in [-0.25, -0.2) is 4.39 Å². The number of aliphatic hydroxyl groups is 1. The molecule has 4 heteroatoms. The number of nitrogens with one attached hydrogen (secondary N) is 1. The molecule has 0 bridgehead atoms. The molecule has 3 nitrogen and oxygen atoms in total. The molecule has 0 radical (unpaired) electrons. The van der Waals surface area contributed by atoms with Gasteiger partial charge in [0.2, 0.25) is 0 Å². The van der Waals surface area contributed by atoms with E-state index in [2.05, 4.69) is 5.32 Å². The van der Waals surface area contributed by atoms with Crippen molar-refractivity contribution in [2.45, 2.75) is 13.0 Å². The summed E-state index contributed by atoms with van der Waals surface area (Å²) >= 11 is 0. The van der Waals surface area contributed by atoms with E-state index in [1.807, 2.05) is 6.07 Å². The summed E-state index contributed by atoms with van der Waals surface area (Å²) in [6.45, 7) is 0.941. The second kappa shape index (κ2) is 6.37. The van der Waals surface area contributed by atoms with Gasteiger partial charge in [-0.3, -0.25) is 0 Å². The Morgan fingerprint density at radius 2 is 2.27 bits per heavy atom. The molecule has 0 aliphatic heterocycles. The maximum Gasteiger partial charge on any atom is 0.165 e.